The lowest BCUT2D eigenvalue weighted by Crippen LogP contribution is -2.15. The predicted molar refractivity (Wildman–Crippen MR) is 98.8 cm³/mol. The van der Waals surface area contributed by atoms with Gasteiger partial charge in [0.2, 0.25) is 0 Å². The Kier molecular flexibility index (Phi) is 7.60. The maximum absolute atomic E-state index is 12.4. The van der Waals surface area contributed by atoms with Crippen molar-refractivity contribution in [2.24, 2.45) is 0 Å². The van der Waals surface area contributed by atoms with Gasteiger partial charge in [0.1, 0.15) is 0 Å². The third-order valence-electron chi connectivity index (χ3n) is 3.71. The van der Waals surface area contributed by atoms with Crippen LogP contribution in [0.25, 0.3) is 0 Å². The smallest absolute Gasteiger partial charge is 0.387 e. The van der Waals surface area contributed by atoms with Gasteiger partial charge in [-0.1, -0.05) is 11.6 Å². The van der Waals surface area contributed by atoms with E-state index in [0.717, 1.165) is 6.07 Å². The van der Waals surface area contributed by atoms with Gasteiger partial charge in [-0.3, -0.25) is 4.79 Å². The molecule has 2 rings (SSSR count). The second-order valence-corrected chi connectivity index (χ2v) is 5.84. The summed E-state index contributed by atoms with van der Waals surface area (Å²) < 4.78 is 49.1. The van der Waals surface area contributed by atoms with Gasteiger partial charge in [-0.15, -0.1) is 0 Å². The minimum Gasteiger partial charge on any atom is -0.493 e. The molecule has 0 fully saturated rings. The van der Waals surface area contributed by atoms with Crippen molar-refractivity contribution in [3.8, 4) is 23.0 Å². The molecule has 0 atom stereocenters. The van der Waals surface area contributed by atoms with Gasteiger partial charge in [-0.25, -0.2) is 4.79 Å². The van der Waals surface area contributed by atoms with E-state index in [4.69, 9.17) is 30.5 Å². The number of methoxy groups -OCH3 is 3. The molecule has 0 aromatic heterocycles. The monoisotopic (exact) mass is 430 g/mol. The molecular formula is C19H17ClF2O7. The van der Waals surface area contributed by atoms with E-state index in [1.165, 1.54) is 45.6 Å². The highest BCUT2D eigenvalue weighted by atomic mass is 35.5. The molecule has 0 aliphatic rings. The van der Waals surface area contributed by atoms with Crippen molar-refractivity contribution in [2.75, 3.05) is 27.9 Å². The van der Waals surface area contributed by atoms with E-state index in [0.29, 0.717) is 0 Å². The molecule has 0 aliphatic heterocycles. The first kappa shape index (κ1) is 22.2. The molecule has 0 aliphatic carbocycles. The number of esters is 1. The summed E-state index contributed by atoms with van der Waals surface area (Å²) in [5.41, 5.74) is 0.139. The number of halogens is 3. The molecule has 0 saturated carbocycles. The molecule has 0 bridgehead atoms. The maximum atomic E-state index is 12.4. The van der Waals surface area contributed by atoms with E-state index >= 15 is 0 Å². The Hall–Kier alpha value is -3.07. The van der Waals surface area contributed by atoms with Gasteiger partial charge in [0, 0.05) is 5.56 Å². The molecule has 0 spiro atoms. The number of carbonyl (C=O) groups excluding carboxylic acids is 2. The Labute approximate surface area is 170 Å². The van der Waals surface area contributed by atoms with Crippen molar-refractivity contribution in [3.63, 3.8) is 0 Å². The molecule has 10 heteroatoms. The molecule has 156 valence electrons. The first-order valence-corrected chi connectivity index (χ1v) is 8.43. The molecular weight excluding hydrogens is 414 g/mol. The molecule has 0 heterocycles. The fraction of sp³-hybridized carbons (Fsp3) is 0.263. The number of rotatable bonds is 9. The fourth-order valence-corrected chi connectivity index (χ4v) is 2.66. The number of alkyl halides is 2. The lowest BCUT2D eigenvalue weighted by atomic mass is 10.1. The summed E-state index contributed by atoms with van der Waals surface area (Å²) in [5, 5.41) is 0.129. The highest BCUT2D eigenvalue weighted by molar-refractivity contribution is 6.32. The minimum absolute atomic E-state index is 0.0544. The second kappa shape index (κ2) is 9.92. The van der Waals surface area contributed by atoms with Crippen LogP contribution in [0.3, 0.4) is 0 Å². The summed E-state index contributed by atoms with van der Waals surface area (Å²) in [4.78, 5) is 24.5. The van der Waals surface area contributed by atoms with Gasteiger partial charge >= 0.3 is 12.6 Å². The normalized spacial score (nSPS) is 10.4. The lowest BCUT2D eigenvalue weighted by Gasteiger charge is -2.12. The Morgan fingerprint density at radius 1 is 0.931 bits per heavy atom. The van der Waals surface area contributed by atoms with E-state index in [1.807, 2.05) is 0 Å². The average Bonchev–Trinajstić information content (AvgIpc) is 2.70. The fourth-order valence-electron chi connectivity index (χ4n) is 2.37. The third kappa shape index (κ3) is 5.47. The standard InChI is InChI=1S/C19H17ClF2O7/c1-25-15-7-10(4-5-14(15)29-19(21)22)13(23)9-28-18(24)11-6-12(20)17(27-3)16(8-11)26-2/h4-8,19H,9H2,1-3H3. The zero-order valence-electron chi connectivity index (χ0n) is 15.7. The van der Waals surface area contributed by atoms with E-state index < -0.39 is 25.0 Å². The minimum atomic E-state index is -3.04. The Morgan fingerprint density at radius 3 is 2.17 bits per heavy atom. The largest absolute Gasteiger partial charge is 0.493 e. The average molecular weight is 431 g/mol. The van der Waals surface area contributed by atoms with E-state index in [1.54, 1.807) is 0 Å². The third-order valence-corrected chi connectivity index (χ3v) is 3.99. The number of ether oxygens (including phenoxy) is 5. The van der Waals surface area contributed by atoms with Gasteiger partial charge in [-0.2, -0.15) is 8.78 Å². The first-order chi connectivity index (χ1) is 13.8. The SMILES string of the molecule is COc1cc(C(=O)COC(=O)c2cc(Cl)c(OC)c(OC)c2)ccc1OC(F)F. The van der Waals surface area contributed by atoms with Crippen LogP contribution in [0.5, 0.6) is 23.0 Å². The molecule has 0 N–H and O–H groups in total. The van der Waals surface area contributed by atoms with Crippen molar-refractivity contribution in [1.29, 1.82) is 0 Å². The summed E-state index contributed by atoms with van der Waals surface area (Å²) >= 11 is 6.04. The predicted octanol–water partition coefficient (Wildman–Crippen LogP) is 4.01. The van der Waals surface area contributed by atoms with Crippen LogP contribution in [0.15, 0.2) is 30.3 Å². The van der Waals surface area contributed by atoms with Crippen LogP contribution >= 0.6 is 11.6 Å². The number of hydrogen-bond donors (Lipinski definition) is 0. The van der Waals surface area contributed by atoms with Crippen LogP contribution in [-0.4, -0.2) is 46.3 Å². The van der Waals surface area contributed by atoms with Gasteiger partial charge in [0.15, 0.2) is 35.4 Å². The molecule has 2 aromatic carbocycles. The molecule has 0 unspecified atom stereocenters. The van der Waals surface area contributed by atoms with Crippen molar-refractivity contribution >= 4 is 23.4 Å². The van der Waals surface area contributed by atoms with Gasteiger partial charge in [0.05, 0.1) is 31.9 Å². The van der Waals surface area contributed by atoms with Crippen LogP contribution in [0.4, 0.5) is 8.78 Å². The van der Waals surface area contributed by atoms with Crippen LogP contribution in [0.1, 0.15) is 20.7 Å². The molecule has 0 amide bonds. The molecule has 0 saturated heterocycles. The number of ketones is 1. The topological polar surface area (TPSA) is 80.3 Å². The number of benzene rings is 2. The number of Topliss-reactive ketones (excluding diaryl/α,β-unsaturated/α-hetero) is 1. The quantitative estimate of drug-likeness (QED) is 0.439. The summed E-state index contributed by atoms with van der Waals surface area (Å²) in [6.07, 6.45) is 0. The lowest BCUT2D eigenvalue weighted by molar-refractivity contribution is -0.0512. The van der Waals surface area contributed by atoms with E-state index in [2.05, 4.69) is 4.74 Å². The Morgan fingerprint density at radius 2 is 1.59 bits per heavy atom. The number of carbonyl (C=O) groups is 2. The molecule has 0 radical (unpaired) electrons. The van der Waals surface area contributed by atoms with Crippen molar-refractivity contribution in [1.82, 2.24) is 0 Å². The van der Waals surface area contributed by atoms with Gasteiger partial charge in [-0.05, 0) is 30.3 Å². The Bertz CT molecular complexity index is 902. The van der Waals surface area contributed by atoms with Crippen LogP contribution in [0.2, 0.25) is 5.02 Å². The van der Waals surface area contributed by atoms with Crippen molar-refractivity contribution < 1.29 is 42.1 Å². The van der Waals surface area contributed by atoms with Crippen LogP contribution in [0, 0.1) is 0 Å². The van der Waals surface area contributed by atoms with Crippen molar-refractivity contribution in [2.45, 2.75) is 6.61 Å². The zero-order chi connectivity index (χ0) is 21.6. The summed E-state index contributed by atoms with van der Waals surface area (Å²) in [5.74, 6) is -1.21. The van der Waals surface area contributed by atoms with Gasteiger partial charge in [0.25, 0.3) is 0 Å². The molecule has 2 aromatic rings. The first-order valence-electron chi connectivity index (χ1n) is 8.05. The Balaban J connectivity index is 2.11. The van der Waals surface area contributed by atoms with Crippen LogP contribution < -0.4 is 18.9 Å². The zero-order valence-corrected chi connectivity index (χ0v) is 16.4. The highest BCUT2D eigenvalue weighted by Gasteiger charge is 2.19. The van der Waals surface area contributed by atoms with Crippen LogP contribution in [-0.2, 0) is 4.74 Å². The van der Waals surface area contributed by atoms with E-state index in [-0.39, 0.29) is 39.1 Å². The number of hydrogen-bond acceptors (Lipinski definition) is 7. The summed E-state index contributed by atoms with van der Waals surface area (Å²) in [7, 11) is 4.01. The van der Waals surface area contributed by atoms with E-state index in [9.17, 15) is 18.4 Å². The molecule has 29 heavy (non-hydrogen) atoms. The maximum Gasteiger partial charge on any atom is 0.387 e. The second-order valence-electron chi connectivity index (χ2n) is 5.44. The van der Waals surface area contributed by atoms with Gasteiger partial charge < -0.3 is 23.7 Å². The van der Waals surface area contributed by atoms with Crippen molar-refractivity contribution in [3.05, 3.63) is 46.5 Å². The highest BCUT2D eigenvalue weighted by Crippen LogP contribution is 2.36. The summed E-state index contributed by atoms with van der Waals surface area (Å²) in [6.45, 7) is -3.64. The molecule has 7 nitrogen and oxygen atoms in total. The summed E-state index contributed by atoms with van der Waals surface area (Å²) in [6, 6.07) is 6.30.